The third kappa shape index (κ3) is 3.01. The van der Waals surface area contributed by atoms with Crippen LogP contribution in [0.4, 0.5) is 0 Å². The zero-order valence-electron chi connectivity index (χ0n) is 6.71. The maximum atomic E-state index is 9.37. The molecule has 0 aliphatic heterocycles. The first-order chi connectivity index (χ1) is 5.66. The van der Waals surface area contributed by atoms with Crippen LogP contribution in [0, 0.1) is 0 Å². The smallest absolute Gasteiger partial charge is 0.0927 e. The summed E-state index contributed by atoms with van der Waals surface area (Å²) in [5.41, 5.74) is 5.85. The highest BCUT2D eigenvalue weighted by atomic mass is 35.5. The maximum absolute atomic E-state index is 9.37. The molecule has 1 atom stereocenters. The highest BCUT2D eigenvalue weighted by molar-refractivity contribution is 6.42. The van der Waals surface area contributed by atoms with E-state index in [9.17, 15) is 5.11 Å². The van der Waals surface area contributed by atoms with Gasteiger partial charge in [0.15, 0.2) is 0 Å². The molecule has 1 unspecified atom stereocenters. The number of hydrogen-bond donors (Lipinski definition) is 2. The molecule has 0 aliphatic rings. The van der Waals surface area contributed by atoms with Gasteiger partial charge < -0.3 is 10.8 Å². The van der Waals surface area contributed by atoms with Crippen molar-refractivity contribution in [2.24, 2.45) is 5.73 Å². The molecule has 2 nitrogen and oxygen atoms in total. The molecule has 1 rings (SSSR count). The minimum atomic E-state index is -0.740. The first-order valence-electron chi connectivity index (χ1n) is 3.49. The Labute approximate surface area is 93.1 Å². The van der Waals surface area contributed by atoms with E-state index in [1.54, 1.807) is 18.2 Å². The number of halogens is 3. The average Bonchev–Trinajstić information content (AvgIpc) is 2.08. The van der Waals surface area contributed by atoms with Gasteiger partial charge >= 0.3 is 0 Å². The normalized spacial score (nSPS) is 12.0. The summed E-state index contributed by atoms with van der Waals surface area (Å²) in [5.74, 6) is 0. The molecule has 0 bridgehead atoms. The second-order valence-electron chi connectivity index (χ2n) is 2.39. The van der Waals surface area contributed by atoms with Crippen molar-refractivity contribution < 1.29 is 5.11 Å². The summed E-state index contributed by atoms with van der Waals surface area (Å²) in [6.07, 6.45) is -0.740. The summed E-state index contributed by atoms with van der Waals surface area (Å²) in [7, 11) is 0. The molecule has 5 heteroatoms. The molecule has 1 aromatic carbocycles. The van der Waals surface area contributed by atoms with Gasteiger partial charge in [0.2, 0.25) is 0 Å². The molecule has 13 heavy (non-hydrogen) atoms. The summed E-state index contributed by atoms with van der Waals surface area (Å²) in [5, 5.41) is 10.2. The van der Waals surface area contributed by atoms with Gasteiger partial charge in [0.25, 0.3) is 0 Å². The monoisotopic (exact) mass is 241 g/mol. The Morgan fingerprint density at radius 1 is 1.38 bits per heavy atom. The van der Waals surface area contributed by atoms with Crippen LogP contribution in [0.25, 0.3) is 0 Å². The van der Waals surface area contributed by atoms with E-state index >= 15 is 0 Å². The molecular weight excluding hydrogens is 232 g/mol. The van der Waals surface area contributed by atoms with Crippen LogP contribution in [0.5, 0.6) is 0 Å². The largest absolute Gasteiger partial charge is 0.387 e. The van der Waals surface area contributed by atoms with Crippen molar-refractivity contribution in [1.82, 2.24) is 0 Å². The lowest BCUT2D eigenvalue weighted by Gasteiger charge is -2.10. The van der Waals surface area contributed by atoms with Crippen LogP contribution in [-0.4, -0.2) is 11.7 Å². The number of aliphatic hydroxyl groups is 1. The molecule has 0 saturated heterocycles. The number of nitrogens with two attached hydrogens (primary N) is 1. The molecule has 0 spiro atoms. The van der Waals surface area contributed by atoms with Gasteiger partial charge in [-0.05, 0) is 6.07 Å². The first-order valence-corrected chi connectivity index (χ1v) is 4.24. The van der Waals surface area contributed by atoms with E-state index in [-0.39, 0.29) is 19.0 Å². The lowest BCUT2D eigenvalue weighted by atomic mass is 10.1. The van der Waals surface area contributed by atoms with Crippen molar-refractivity contribution in [3.8, 4) is 0 Å². The summed E-state index contributed by atoms with van der Waals surface area (Å²) in [6, 6.07) is 5.09. The Morgan fingerprint density at radius 3 is 2.54 bits per heavy atom. The molecule has 0 heterocycles. The van der Waals surface area contributed by atoms with Crippen LogP contribution in [0.15, 0.2) is 18.2 Å². The second kappa shape index (κ2) is 5.68. The standard InChI is InChI=1S/C8H9Cl2NO.ClH/c9-6-3-1-2-5(8(6)10)7(12)4-11;/h1-3,7,12H,4,11H2;1H. The van der Waals surface area contributed by atoms with E-state index in [0.717, 1.165) is 0 Å². The highest BCUT2D eigenvalue weighted by Gasteiger charge is 2.10. The SMILES string of the molecule is Cl.NCC(O)c1cccc(Cl)c1Cl. The molecule has 1 aromatic rings. The Kier molecular flexibility index (Phi) is 5.68. The zero-order chi connectivity index (χ0) is 9.14. The van der Waals surface area contributed by atoms with E-state index < -0.39 is 6.10 Å². The van der Waals surface area contributed by atoms with Crippen LogP contribution in [-0.2, 0) is 0 Å². The Hall–Kier alpha value is 0.01000. The van der Waals surface area contributed by atoms with Crippen LogP contribution in [0.3, 0.4) is 0 Å². The quantitative estimate of drug-likeness (QED) is 0.837. The molecule has 0 radical (unpaired) electrons. The second-order valence-corrected chi connectivity index (χ2v) is 3.18. The van der Waals surface area contributed by atoms with E-state index in [1.807, 2.05) is 0 Å². The van der Waals surface area contributed by atoms with Crippen molar-refractivity contribution >= 4 is 35.6 Å². The van der Waals surface area contributed by atoms with Crippen LogP contribution >= 0.6 is 35.6 Å². The molecule has 0 aliphatic carbocycles. The first kappa shape index (κ1) is 13.0. The lowest BCUT2D eigenvalue weighted by Crippen LogP contribution is -2.11. The van der Waals surface area contributed by atoms with E-state index in [4.69, 9.17) is 28.9 Å². The maximum Gasteiger partial charge on any atom is 0.0927 e. The molecule has 0 amide bonds. The van der Waals surface area contributed by atoms with Gasteiger partial charge in [-0.1, -0.05) is 35.3 Å². The van der Waals surface area contributed by atoms with E-state index in [2.05, 4.69) is 0 Å². The molecule has 3 N–H and O–H groups in total. The fourth-order valence-corrected chi connectivity index (χ4v) is 1.34. The van der Waals surface area contributed by atoms with Crippen molar-refractivity contribution in [2.45, 2.75) is 6.10 Å². The summed E-state index contributed by atoms with van der Waals surface area (Å²) < 4.78 is 0. The van der Waals surface area contributed by atoms with Gasteiger partial charge in [-0.25, -0.2) is 0 Å². The Balaban J connectivity index is 0.00000144. The zero-order valence-corrected chi connectivity index (χ0v) is 9.03. The summed E-state index contributed by atoms with van der Waals surface area (Å²) in [4.78, 5) is 0. The van der Waals surface area contributed by atoms with Crippen molar-refractivity contribution in [3.63, 3.8) is 0 Å². The average molecular weight is 243 g/mol. The third-order valence-corrected chi connectivity index (χ3v) is 2.40. The van der Waals surface area contributed by atoms with Crippen molar-refractivity contribution in [3.05, 3.63) is 33.8 Å². The van der Waals surface area contributed by atoms with Gasteiger partial charge in [-0.2, -0.15) is 0 Å². The minimum Gasteiger partial charge on any atom is -0.387 e. The number of aliphatic hydroxyl groups excluding tert-OH is 1. The Bertz CT molecular complexity index is 280. The van der Waals surface area contributed by atoms with E-state index in [0.29, 0.717) is 15.6 Å². The molecule has 0 fully saturated rings. The van der Waals surface area contributed by atoms with Gasteiger partial charge in [-0.3, -0.25) is 0 Å². The minimum absolute atomic E-state index is 0. The predicted octanol–water partition coefficient (Wildman–Crippen LogP) is 2.41. The van der Waals surface area contributed by atoms with Gasteiger partial charge in [-0.15, -0.1) is 12.4 Å². The Morgan fingerprint density at radius 2 is 2.00 bits per heavy atom. The molecular formula is C8H10Cl3NO. The van der Waals surface area contributed by atoms with E-state index in [1.165, 1.54) is 0 Å². The van der Waals surface area contributed by atoms with Crippen LogP contribution < -0.4 is 5.73 Å². The number of rotatable bonds is 2. The number of hydrogen-bond acceptors (Lipinski definition) is 2. The summed E-state index contributed by atoms with van der Waals surface area (Å²) in [6.45, 7) is 0.139. The topological polar surface area (TPSA) is 46.2 Å². The van der Waals surface area contributed by atoms with Gasteiger partial charge in [0.1, 0.15) is 0 Å². The van der Waals surface area contributed by atoms with Crippen LogP contribution in [0.2, 0.25) is 10.0 Å². The van der Waals surface area contributed by atoms with Crippen LogP contribution in [0.1, 0.15) is 11.7 Å². The van der Waals surface area contributed by atoms with Gasteiger partial charge in [0.05, 0.1) is 16.1 Å². The molecule has 0 aromatic heterocycles. The molecule has 74 valence electrons. The third-order valence-electron chi connectivity index (χ3n) is 1.56. The lowest BCUT2D eigenvalue weighted by molar-refractivity contribution is 0.187. The van der Waals surface area contributed by atoms with Gasteiger partial charge in [0, 0.05) is 12.1 Å². The highest BCUT2D eigenvalue weighted by Crippen LogP contribution is 2.29. The fourth-order valence-electron chi connectivity index (χ4n) is 0.905. The molecule has 0 saturated carbocycles. The summed E-state index contributed by atoms with van der Waals surface area (Å²) >= 11 is 11.6. The predicted molar refractivity (Wildman–Crippen MR) is 57.7 cm³/mol. The number of benzene rings is 1. The fraction of sp³-hybridized carbons (Fsp3) is 0.250. The van der Waals surface area contributed by atoms with Crippen molar-refractivity contribution in [1.29, 1.82) is 0 Å². The van der Waals surface area contributed by atoms with Crippen molar-refractivity contribution in [2.75, 3.05) is 6.54 Å².